The Morgan fingerprint density at radius 2 is 1.88 bits per heavy atom. The fourth-order valence-corrected chi connectivity index (χ4v) is 2.05. The molecule has 2 N–H and O–H groups in total. The van der Waals surface area contributed by atoms with Gasteiger partial charge < -0.3 is 5.73 Å². The van der Waals surface area contributed by atoms with Gasteiger partial charge in [0.15, 0.2) is 0 Å². The van der Waals surface area contributed by atoms with E-state index >= 15 is 0 Å². The van der Waals surface area contributed by atoms with E-state index in [1.807, 2.05) is 30.8 Å². The second kappa shape index (κ2) is 3.67. The van der Waals surface area contributed by atoms with Crippen LogP contribution in [0.2, 0.25) is 0 Å². The summed E-state index contributed by atoms with van der Waals surface area (Å²) in [5.74, 6) is 0. The van der Waals surface area contributed by atoms with Crippen LogP contribution in [0.1, 0.15) is 17.0 Å². The molecule has 1 heterocycles. The van der Waals surface area contributed by atoms with E-state index in [0.29, 0.717) is 0 Å². The van der Waals surface area contributed by atoms with Gasteiger partial charge in [-0.1, -0.05) is 11.6 Å². The summed E-state index contributed by atoms with van der Waals surface area (Å²) in [5, 5.41) is 4.42. The van der Waals surface area contributed by atoms with Gasteiger partial charge in [0.2, 0.25) is 0 Å². The molecule has 0 bridgehead atoms. The van der Waals surface area contributed by atoms with Crippen molar-refractivity contribution in [1.82, 2.24) is 9.78 Å². The van der Waals surface area contributed by atoms with E-state index < -0.39 is 0 Å². The zero-order valence-electron chi connectivity index (χ0n) is 10.2. The Morgan fingerprint density at radius 1 is 1.19 bits per heavy atom. The molecule has 84 valence electrons. The van der Waals surface area contributed by atoms with Crippen molar-refractivity contribution in [3.63, 3.8) is 0 Å². The van der Waals surface area contributed by atoms with Crippen molar-refractivity contribution < 1.29 is 0 Å². The van der Waals surface area contributed by atoms with Gasteiger partial charge in [0.25, 0.3) is 0 Å². The predicted molar refractivity (Wildman–Crippen MR) is 67.3 cm³/mol. The van der Waals surface area contributed by atoms with Gasteiger partial charge in [-0.15, -0.1) is 0 Å². The van der Waals surface area contributed by atoms with Crippen LogP contribution >= 0.6 is 0 Å². The van der Waals surface area contributed by atoms with E-state index in [2.05, 4.69) is 25.0 Å². The van der Waals surface area contributed by atoms with Gasteiger partial charge in [-0.2, -0.15) is 5.10 Å². The molecule has 1 aromatic heterocycles. The molecule has 0 saturated heterocycles. The van der Waals surface area contributed by atoms with Crippen LogP contribution in [0.4, 0.5) is 5.69 Å². The molecule has 3 nitrogen and oxygen atoms in total. The molecule has 0 amide bonds. The number of benzene rings is 1. The van der Waals surface area contributed by atoms with Crippen LogP contribution in [-0.2, 0) is 7.05 Å². The fraction of sp³-hybridized carbons (Fsp3) is 0.308. The largest absolute Gasteiger partial charge is 0.398 e. The van der Waals surface area contributed by atoms with Crippen molar-refractivity contribution in [1.29, 1.82) is 0 Å². The van der Waals surface area contributed by atoms with Crippen molar-refractivity contribution >= 4 is 5.69 Å². The molecule has 0 aliphatic carbocycles. The Labute approximate surface area is 95.9 Å². The first-order chi connectivity index (χ1) is 7.50. The van der Waals surface area contributed by atoms with Gasteiger partial charge in [-0.3, -0.25) is 4.68 Å². The maximum atomic E-state index is 6.03. The number of nitrogens with two attached hydrogens (primary N) is 1. The van der Waals surface area contributed by atoms with E-state index in [1.165, 1.54) is 5.56 Å². The highest BCUT2D eigenvalue weighted by atomic mass is 15.3. The molecule has 0 radical (unpaired) electrons. The minimum Gasteiger partial charge on any atom is -0.398 e. The van der Waals surface area contributed by atoms with Crippen LogP contribution in [0.25, 0.3) is 11.1 Å². The first-order valence-corrected chi connectivity index (χ1v) is 5.37. The number of anilines is 1. The third-order valence-electron chi connectivity index (χ3n) is 2.99. The second-order valence-electron chi connectivity index (χ2n) is 4.26. The minimum absolute atomic E-state index is 0.810. The topological polar surface area (TPSA) is 43.8 Å². The SMILES string of the molecule is Cc1ccc(N)c(-c2c(C)nn(C)c2C)c1. The molecule has 0 aliphatic rings. The summed E-state index contributed by atoms with van der Waals surface area (Å²) >= 11 is 0. The summed E-state index contributed by atoms with van der Waals surface area (Å²) in [7, 11) is 1.96. The number of rotatable bonds is 1. The molecule has 3 heteroatoms. The van der Waals surface area contributed by atoms with E-state index in [4.69, 9.17) is 5.73 Å². The zero-order chi connectivity index (χ0) is 11.9. The van der Waals surface area contributed by atoms with E-state index in [9.17, 15) is 0 Å². The molecule has 0 aliphatic heterocycles. The highest BCUT2D eigenvalue weighted by Gasteiger charge is 2.13. The fourth-order valence-electron chi connectivity index (χ4n) is 2.05. The first kappa shape index (κ1) is 10.7. The Balaban J connectivity index is 2.71. The Kier molecular flexibility index (Phi) is 2.46. The molecule has 1 aromatic carbocycles. The van der Waals surface area contributed by atoms with Crippen molar-refractivity contribution in [3.8, 4) is 11.1 Å². The monoisotopic (exact) mass is 215 g/mol. The number of hydrogen-bond donors (Lipinski definition) is 1. The highest BCUT2D eigenvalue weighted by molar-refractivity contribution is 5.79. The molecule has 2 aromatic rings. The van der Waals surface area contributed by atoms with Crippen LogP contribution in [0.5, 0.6) is 0 Å². The molecule has 0 saturated carbocycles. The minimum atomic E-state index is 0.810. The number of aryl methyl sites for hydroxylation is 3. The highest BCUT2D eigenvalue weighted by Crippen LogP contribution is 2.31. The third kappa shape index (κ3) is 1.58. The van der Waals surface area contributed by atoms with Crippen molar-refractivity contribution in [2.45, 2.75) is 20.8 Å². The van der Waals surface area contributed by atoms with Crippen LogP contribution in [0.15, 0.2) is 18.2 Å². The van der Waals surface area contributed by atoms with Gasteiger partial charge in [0.1, 0.15) is 0 Å². The van der Waals surface area contributed by atoms with Gasteiger partial charge in [-0.25, -0.2) is 0 Å². The lowest BCUT2D eigenvalue weighted by molar-refractivity contribution is 0.731. The summed E-state index contributed by atoms with van der Waals surface area (Å²) in [6, 6.07) is 6.10. The number of nitrogens with zero attached hydrogens (tertiary/aromatic N) is 2. The van der Waals surface area contributed by atoms with E-state index in [-0.39, 0.29) is 0 Å². The Bertz CT molecular complexity index is 538. The average molecular weight is 215 g/mol. The molecular formula is C13H17N3. The van der Waals surface area contributed by atoms with Crippen LogP contribution < -0.4 is 5.73 Å². The lowest BCUT2D eigenvalue weighted by atomic mass is 10.00. The normalized spacial score (nSPS) is 10.8. The van der Waals surface area contributed by atoms with Crippen molar-refractivity contribution in [2.75, 3.05) is 5.73 Å². The lowest BCUT2D eigenvalue weighted by Gasteiger charge is -2.07. The van der Waals surface area contributed by atoms with E-state index in [1.54, 1.807) is 0 Å². The van der Waals surface area contributed by atoms with Gasteiger partial charge in [0.05, 0.1) is 5.69 Å². The first-order valence-electron chi connectivity index (χ1n) is 5.37. The predicted octanol–water partition coefficient (Wildman–Crippen LogP) is 2.59. The van der Waals surface area contributed by atoms with Gasteiger partial charge >= 0.3 is 0 Å². The average Bonchev–Trinajstić information content (AvgIpc) is 2.46. The standard InChI is InChI=1S/C13H17N3/c1-8-5-6-12(14)11(7-8)13-9(2)15-16(4)10(13)3/h5-7H,14H2,1-4H3. The Morgan fingerprint density at radius 3 is 2.44 bits per heavy atom. The number of aromatic nitrogens is 2. The molecule has 0 fully saturated rings. The van der Waals surface area contributed by atoms with Crippen LogP contribution in [-0.4, -0.2) is 9.78 Å². The maximum Gasteiger partial charge on any atom is 0.0675 e. The molecular weight excluding hydrogens is 198 g/mol. The zero-order valence-corrected chi connectivity index (χ0v) is 10.2. The molecule has 0 unspecified atom stereocenters. The maximum absolute atomic E-state index is 6.03. The number of hydrogen-bond acceptors (Lipinski definition) is 2. The summed E-state index contributed by atoms with van der Waals surface area (Å²) < 4.78 is 1.90. The number of nitrogen functional groups attached to an aromatic ring is 1. The van der Waals surface area contributed by atoms with Crippen molar-refractivity contribution in [2.24, 2.45) is 7.05 Å². The third-order valence-corrected chi connectivity index (χ3v) is 2.99. The van der Waals surface area contributed by atoms with Crippen LogP contribution in [0.3, 0.4) is 0 Å². The van der Waals surface area contributed by atoms with Gasteiger partial charge in [-0.05, 0) is 32.9 Å². The summed E-state index contributed by atoms with van der Waals surface area (Å²) in [6.45, 7) is 6.16. The lowest BCUT2D eigenvalue weighted by Crippen LogP contribution is -1.94. The second-order valence-corrected chi connectivity index (χ2v) is 4.26. The van der Waals surface area contributed by atoms with Crippen molar-refractivity contribution in [3.05, 3.63) is 35.2 Å². The molecule has 16 heavy (non-hydrogen) atoms. The van der Waals surface area contributed by atoms with Crippen LogP contribution in [0, 0.1) is 20.8 Å². The summed E-state index contributed by atoms with van der Waals surface area (Å²) in [5.41, 5.74) is 12.5. The smallest absolute Gasteiger partial charge is 0.0675 e. The van der Waals surface area contributed by atoms with Gasteiger partial charge in [0, 0.05) is 29.6 Å². The molecule has 0 spiro atoms. The molecule has 0 atom stereocenters. The quantitative estimate of drug-likeness (QED) is 0.743. The summed E-state index contributed by atoms with van der Waals surface area (Å²) in [6.07, 6.45) is 0. The Hall–Kier alpha value is -1.77. The van der Waals surface area contributed by atoms with E-state index in [0.717, 1.165) is 28.2 Å². The summed E-state index contributed by atoms with van der Waals surface area (Å²) in [4.78, 5) is 0. The molecule has 2 rings (SSSR count).